The topological polar surface area (TPSA) is 15.3 Å². The van der Waals surface area contributed by atoms with Gasteiger partial charge in [-0.2, -0.15) is 0 Å². The van der Waals surface area contributed by atoms with E-state index in [4.69, 9.17) is 0 Å². The van der Waals surface area contributed by atoms with Crippen molar-refractivity contribution in [2.45, 2.75) is 32.1 Å². The van der Waals surface area contributed by atoms with E-state index < -0.39 is 0 Å². The van der Waals surface area contributed by atoms with E-state index in [0.717, 1.165) is 13.1 Å². The van der Waals surface area contributed by atoms with Gasteiger partial charge >= 0.3 is 0 Å². The monoisotopic (exact) mass is 188 g/mol. The molecule has 2 heteroatoms. The van der Waals surface area contributed by atoms with Crippen LogP contribution in [0.2, 0.25) is 0 Å². The van der Waals surface area contributed by atoms with E-state index in [1.807, 2.05) is 0 Å². The average Bonchev–Trinajstić information content (AvgIpc) is 2.58. The predicted molar refractivity (Wildman–Crippen MR) is 56.7 cm³/mol. The van der Waals surface area contributed by atoms with E-state index in [2.05, 4.69) is 34.5 Å². The summed E-state index contributed by atoms with van der Waals surface area (Å²) in [4.78, 5) is 2.56. The van der Waals surface area contributed by atoms with E-state index in [1.165, 1.54) is 30.5 Å². The fourth-order valence-electron chi connectivity index (χ4n) is 2.58. The molecule has 1 atom stereocenters. The van der Waals surface area contributed by atoms with Crippen LogP contribution < -0.4 is 5.32 Å². The lowest BCUT2D eigenvalue weighted by Gasteiger charge is -2.21. The second-order valence-electron chi connectivity index (χ2n) is 4.28. The molecule has 1 aromatic rings. The first-order chi connectivity index (χ1) is 6.93. The molecule has 1 N–H and O–H groups in total. The summed E-state index contributed by atoms with van der Waals surface area (Å²) in [5.41, 5.74) is 2.98. The summed E-state index contributed by atoms with van der Waals surface area (Å²) < 4.78 is 0. The molecular weight excluding hydrogens is 172 g/mol. The standard InChI is InChI=1S/C12H16N2/c1-2-5-11-9-14-7-3-6-12(14)13-8-10(11)4-1/h1-2,4-5,12-13H,3,6-9H2. The van der Waals surface area contributed by atoms with Crippen molar-refractivity contribution in [3.63, 3.8) is 0 Å². The highest BCUT2D eigenvalue weighted by Crippen LogP contribution is 2.23. The third-order valence-corrected chi connectivity index (χ3v) is 3.38. The van der Waals surface area contributed by atoms with Crippen LogP contribution in [0.15, 0.2) is 24.3 Å². The van der Waals surface area contributed by atoms with Crippen LogP contribution in [0.3, 0.4) is 0 Å². The maximum absolute atomic E-state index is 3.63. The van der Waals surface area contributed by atoms with Crippen molar-refractivity contribution in [1.29, 1.82) is 0 Å². The van der Waals surface area contributed by atoms with Gasteiger partial charge in [-0.3, -0.25) is 10.2 Å². The summed E-state index contributed by atoms with van der Waals surface area (Å²) in [6.07, 6.45) is 3.29. The van der Waals surface area contributed by atoms with Crippen LogP contribution in [-0.2, 0) is 13.1 Å². The van der Waals surface area contributed by atoms with Gasteiger partial charge in [0.05, 0.1) is 6.17 Å². The molecule has 2 nitrogen and oxygen atoms in total. The van der Waals surface area contributed by atoms with Crippen LogP contribution in [-0.4, -0.2) is 17.6 Å². The van der Waals surface area contributed by atoms with Gasteiger partial charge in [0, 0.05) is 19.6 Å². The van der Waals surface area contributed by atoms with Gasteiger partial charge in [-0.15, -0.1) is 0 Å². The van der Waals surface area contributed by atoms with Crippen molar-refractivity contribution in [3.8, 4) is 0 Å². The lowest BCUT2D eigenvalue weighted by Crippen LogP contribution is -2.37. The normalized spacial score (nSPS) is 26.7. The third-order valence-electron chi connectivity index (χ3n) is 3.38. The summed E-state index contributed by atoms with van der Waals surface area (Å²) in [5.74, 6) is 0. The van der Waals surface area contributed by atoms with E-state index in [0.29, 0.717) is 6.17 Å². The Labute approximate surface area is 84.9 Å². The minimum atomic E-state index is 0.627. The number of nitrogens with one attached hydrogen (secondary N) is 1. The summed E-state index contributed by atoms with van der Waals surface area (Å²) in [5, 5.41) is 3.63. The van der Waals surface area contributed by atoms with Gasteiger partial charge in [0.2, 0.25) is 0 Å². The van der Waals surface area contributed by atoms with Gasteiger partial charge in [-0.1, -0.05) is 24.3 Å². The Hall–Kier alpha value is -0.860. The molecule has 14 heavy (non-hydrogen) atoms. The molecule has 1 unspecified atom stereocenters. The van der Waals surface area contributed by atoms with Crippen molar-refractivity contribution in [3.05, 3.63) is 35.4 Å². The minimum Gasteiger partial charge on any atom is -0.298 e. The number of rotatable bonds is 0. The van der Waals surface area contributed by atoms with Crippen LogP contribution in [0.1, 0.15) is 24.0 Å². The van der Waals surface area contributed by atoms with Crippen LogP contribution in [0, 0.1) is 0 Å². The van der Waals surface area contributed by atoms with E-state index in [1.54, 1.807) is 0 Å². The lowest BCUT2D eigenvalue weighted by molar-refractivity contribution is 0.218. The molecular formula is C12H16N2. The highest BCUT2D eigenvalue weighted by molar-refractivity contribution is 5.28. The molecule has 0 saturated carbocycles. The second-order valence-corrected chi connectivity index (χ2v) is 4.28. The van der Waals surface area contributed by atoms with Crippen LogP contribution in [0.5, 0.6) is 0 Å². The van der Waals surface area contributed by atoms with Gasteiger partial charge in [0.25, 0.3) is 0 Å². The summed E-state index contributed by atoms with van der Waals surface area (Å²) >= 11 is 0. The number of hydrogen-bond donors (Lipinski definition) is 1. The molecule has 0 aromatic heterocycles. The first-order valence-corrected chi connectivity index (χ1v) is 5.48. The van der Waals surface area contributed by atoms with Crippen LogP contribution in [0.4, 0.5) is 0 Å². The zero-order valence-electron chi connectivity index (χ0n) is 8.37. The fraction of sp³-hybridized carbons (Fsp3) is 0.500. The Kier molecular flexibility index (Phi) is 2.03. The summed E-state index contributed by atoms with van der Waals surface area (Å²) in [6, 6.07) is 8.79. The molecule has 0 aliphatic carbocycles. The molecule has 74 valence electrons. The average molecular weight is 188 g/mol. The summed E-state index contributed by atoms with van der Waals surface area (Å²) in [6.45, 7) is 3.43. The van der Waals surface area contributed by atoms with Crippen molar-refractivity contribution in [1.82, 2.24) is 10.2 Å². The van der Waals surface area contributed by atoms with Gasteiger partial charge in [-0.25, -0.2) is 0 Å². The second kappa shape index (κ2) is 3.37. The predicted octanol–water partition coefficient (Wildman–Crippen LogP) is 1.71. The summed E-state index contributed by atoms with van der Waals surface area (Å²) in [7, 11) is 0. The zero-order valence-corrected chi connectivity index (χ0v) is 8.37. The van der Waals surface area contributed by atoms with Crippen LogP contribution >= 0.6 is 0 Å². The lowest BCUT2D eigenvalue weighted by atomic mass is 10.1. The molecule has 0 amide bonds. The third kappa shape index (κ3) is 1.35. The molecule has 2 heterocycles. The number of fused-ring (bicyclic) bond motifs is 2. The maximum Gasteiger partial charge on any atom is 0.0603 e. The Morgan fingerprint density at radius 1 is 1.21 bits per heavy atom. The van der Waals surface area contributed by atoms with Crippen molar-refractivity contribution in [2.24, 2.45) is 0 Å². The quantitative estimate of drug-likeness (QED) is 0.667. The van der Waals surface area contributed by atoms with E-state index in [9.17, 15) is 0 Å². The van der Waals surface area contributed by atoms with Gasteiger partial charge in [0.15, 0.2) is 0 Å². The Morgan fingerprint density at radius 2 is 2.07 bits per heavy atom. The molecule has 3 rings (SSSR count). The van der Waals surface area contributed by atoms with Crippen molar-refractivity contribution >= 4 is 0 Å². The van der Waals surface area contributed by atoms with Crippen molar-refractivity contribution in [2.75, 3.05) is 6.54 Å². The zero-order chi connectivity index (χ0) is 9.38. The Balaban J connectivity index is 1.93. The Morgan fingerprint density at radius 3 is 3.00 bits per heavy atom. The fourth-order valence-corrected chi connectivity index (χ4v) is 2.58. The molecule has 1 saturated heterocycles. The molecule has 1 fully saturated rings. The maximum atomic E-state index is 3.63. The highest BCUT2D eigenvalue weighted by atomic mass is 15.3. The largest absolute Gasteiger partial charge is 0.298 e. The number of benzene rings is 1. The number of nitrogens with zero attached hydrogens (tertiary/aromatic N) is 1. The molecule has 0 bridgehead atoms. The molecule has 0 spiro atoms. The van der Waals surface area contributed by atoms with Gasteiger partial charge in [-0.05, 0) is 24.0 Å². The SMILES string of the molecule is c1ccc2c(c1)CNC1CCCN1C2. The smallest absolute Gasteiger partial charge is 0.0603 e. The first kappa shape index (κ1) is 8.45. The van der Waals surface area contributed by atoms with Gasteiger partial charge < -0.3 is 0 Å². The van der Waals surface area contributed by atoms with Gasteiger partial charge in [0.1, 0.15) is 0 Å². The van der Waals surface area contributed by atoms with E-state index >= 15 is 0 Å². The molecule has 1 aromatic carbocycles. The minimum absolute atomic E-state index is 0.627. The van der Waals surface area contributed by atoms with Crippen LogP contribution in [0.25, 0.3) is 0 Å². The first-order valence-electron chi connectivity index (χ1n) is 5.48. The molecule has 0 radical (unpaired) electrons. The molecule has 2 aliphatic heterocycles. The van der Waals surface area contributed by atoms with E-state index in [-0.39, 0.29) is 0 Å². The molecule has 2 aliphatic rings. The highest BCUT2D eigenvalue weighted by Gasteiger charge is 2.26. The van der Waals surface area contributed by atoms with Crippen molar-refractivity contribution < 1.29 is 0 Å². The number of hydrogen-bond acceptors (Lipinski definition) is 2. The Bertz CT molecular complexity index is 335.